The zero-order chi connectivity index (χ0) is 22.9. The van der Waals surface area contributed by atoms with Gasteiger partial charge >= 0.3 is 17.7 Å². The van der Waals surface area contributed by atoms with Crippen molar-refractivity contribution in [3.63, 3.8) is 0 Å². The molecule has 8 heteroatoms. The molecule has 0 unspecified atom stereocenters. The molecule has 0 bridgehead atoms. The van der Waals surface area contributed by atoms with Crippen LogP contribution in [0.1, 0.15) is 52.0 Å². The van der Waals surface area contributed by atoms with E-state index < -0.39 is 0 Å². The molecule has 8 nitrogen and oxygen atoms in total. The minimum atomic E-state index is -0.368. The molecule has 2 aromatic rings. The lowest BCUT2D eigenvalue weighted by Gasteiger charge is -2.44. The predicted molar refractivity (Wildman–Crippen MR) is 123 cm³/mol. The molecule has 1 aromatic heterocycles. The van der Waals surface area contributed by atoms with Gasteiger partial charge in [-0.1, -0.05) is 18.6 Å². The molecule has 32 heavy (non-hydrogen) atoms. The fourth-order valence-electron chi connectivity index (χ4n) is 5.20. The van der Waals surface area contributed by atoms with Crippen LogP contribution in [0.15, 0.2) is 29.1 Å². The molecule has 1 saturated heterocycles. The van der Waals surface area contributed by atoms with Gasteiger partial charge in [0.05, 0.1) is 23.6 Å². The number of hydrogen-bond acceptors (Lipinski definition) is 5. The van der Waals surface area contributed by atoms with Gasteiger partial charge in [-0.15, -0.1) is 0 Å². The fraction of sp³-hybridized carbons (Fsp3) is 0.625. The second kappa shape index (κ2) is 9.10. The lowest BCUT2D eigenvalue weighted by molar-refractivity contribution is -0.160. The highest BCUT2D eigenvalue weighted by molar-refractivity contribution is 5.89. The van der Waals surface area contributed by atoms with E-state index in [0.29, 0.717) is 18.0 Å². The Balaban J connectivity index is 1.35. The van der Waals surface area contributed by atoms with Gasteiger partial charge in [0.1, 0.15) is 0 Å². The first-order valence-corrected chi connectivity index (χ1v) is 11.7. The molecular weight excluding hydrogens is 408 g/mol. The number of nitrogens with one attached hydrogen (secondary N) is 1. The van der Waals surface area contributed by atoms with E-state index in [9.17, 15) is 14.4 Å². The van der Waals surface area contributed by atoms with Crippen molar-refractivity contribution < 1.29 is 14.3 Å². The van der Waals surface area contributed by atoms with E-state index in [0.717, 1.165) is 57.3 Å². The second-order valence-corrected chi connectivity index (χ2v) is 9.60. The summed E-state index contributed by atoms with van der Waals surface area (Å²) in [6.07, 6.45) is 4.83. The zero-order valence-corrected chi connectivity index (χ0v) is 19.3. The van der Waals surface area contributed by atoms with Gasteiger partial charge in [0.2, 0.25) is 0 Å². The highest BCUT2D eigenvalue weighted by atomic mass is 16.5. The Bertz CT molecular complexity index is 1040. The molecule has 0 atom stereocenters. The van der Waals surface area contributed by atoms with Crippen LogP contribution in [0.3, 0.4) is 0 Å². The highest BCUT2D eigenvalue weighted by Gasteiger charge is 2.46. The number of nitrogens with zero attached hydrogens (tertiary/aromatic N) is 3. The Morgan fingerprint density at radius 3 is 2.38 bits per heavy atom. The Morgan fingerprint density at radius 2 is 1.81 bits per heavy atom. The van der Waals surface area contributed by atoms with Crippen LogP contribution in [0, 0.1) is 11.3 Å². The molecule has 1 aromatic carbocycles. The molecule has 2 heterocycles. The van der Waals surface area contributed by atoms with Crippen molar-refractivity contribution in [3.8, 4) is 0 Å². The van der Waals surface area contributed by atoms with Crippen LogP contribution >= 0.6 is 0 Å². The van der Waals surface area contributed by atoms with Crippen LogP contribution in [0.4, 0.5) is 4.79 Å². The van der Waals surface area contributed by atoms with Gasteiger partial charge in [0.15, 0.2) is 0 Å². The Kier molecular flexibility index (Phi) is 6.42. The third-order valence-electron chi connectivity index (χ3n) is 7.20. The van der Waals surface area contributed by atoms with Crippen LogP contribution in [0.2, 0.25) is 0 Å². The number of aromatic nitrogens is 2. The average Bonchev–Trinajstić information content (AvgIpc) is 3.06. The quantitative estimate of drug-likeness (QED) is 0.695. The van der Waals surface area contributed by atoms with Crippen molar-refractivity contribution in [2.75, 3.05) is 33.3 Å². The second-order valence-electron chi connectivity index (χ2n) is 9.60. The summed E-state index contributed by atoms with van der Waals surface area (Å²) in [5, 5.41) is 2.98. The van der Waals surface area contributed by atoms with Crippen LogP contribution in [-0.4, -0.2) is 59.3 Å². The summed E-state index contributed by atoms with van der Waals surface area (Å²) in [6.45, 7) is 7.01. The van der Waals surface area contributed by atoms with Crippen molar-refractivity contribution in [1.29, 1.82) is 0 Å². The number of ether oxygens (including phenoxy) is 1. The van der Waals surface area contributed by atoms with E-state index in [2.05, 4.69) is 10.2 Å². The van der Waals surface area contributed by atoms with Crippen molar-refractivity contribution in [1.82, 2.24) is 19.4 Å². The number of likely N-dealkylation sites (tertiary alicyclic amines) is 1. The molecule has 1 saturated carbocycles. The van der Waals surface area contributed by atoms with Gasteiger partial charge < -0.3 is 15.0 Å². The molecule has 4 rings (SSSR count). The van der Waals surface area contributed by atoms with Crippen LogP contribution in [0.25, 0.3) is 11.0 Å². The first-order chi connectivity index (χ1) is 15.4. The zero-order valence-electron chi connectivity index (χ0n) is 19.3. The summed E-state index contributed by atoms with van der Waals surface area (Å²) >= 11 is 0. The maximum Gasteiger partial charge on any atom is 0.337 e. The van der Waals surface area contributed by atoms with Crippen LogP contribution < -0.4 is 11.0 Å². The number of carbonyl (C=O) groups excluding carboxylic acids is 2. The van der Waals surface area contributed by atoms with Crippen molar-refractivity contribution in [2.45, 2.75) is 52.0 Å². The maximum absolute atomic E-state index is 12.9. The molecular formula is C24H34N4O4. The number of fused-ring (bicyclic) bond motifs is 1. The van der Waals surface area contributed by atoms with Gasteiger partial charge in [-0.05, 0) is 70.7 Å². The molecule has 1 amide bonds. The van der Waals surface area contributed by atoms with Gasteiger partial charge in [-0.3, -0.25) is 9.36 Å². The number of methoxy groups -OCH3 is 1. The number of para-hydroxylation sites is 2. The summed E-state index contributed by atoms with van der Waals surface area (Å²) in [5.74, 6) is 0.281. The average molecular weight is 443 g/mol. The molecule has 174 valence electrons. The monoisotopic (exact) mass is 442 g/mol. The Morgan fingerprint density at radius 1 is 1.16 bits per heavy atom. The number of hydrogen-bond donors (Lipinski definition) is 1. The van der Waals surface area contributed by atoms with E-state index in [1.807, 2.05) is 38.1 Å². The molecule has 1 aliphatic carbocycles. The number of amides is 1. The lowest BCUT2D eigenvalue weighted by atomic mass is 9.68. The predicted octanol–water partition coefficient (Wildman–Crippen LogP) is 3.00. The van der Waals surface area contributed by atoms with Crippen molar-refractivity contribution >= 4 is 23.0 Å². The number of rotatable bonds is 6. The van der Waals surface area contributed by atoms with E-state index in [4.69, 9.17) is 4.74 Å². The fourth-order valence-corrected chi connectivity index (χ4v) is 5.20. The van der Waals surface area contributed by atoms with Gasteiger partial charge in [-0.2, -0.15) is 0 Å². The first-order valence-electron chi connectivity index (χ1n) is 11.7. The minimum absolute atomic E-state index is 0.0327. The maximum atomic E-state index is 12.9. The standard InChI is InChI=1S/C24H34N4O4/c1-17(2)27-19-7-4-5-8-20(19)28(23(27)31)22(30)25-15-18-9-13-26(14-10-18)16-24(11-6-12-24)21(29)32-3/h4-5,7-8,17-18H,6,9-16H2,1-3H3,(H,25,30). The third-order valence-corrected chi connectivity index (χ3v) is 7.20. The summed E-state index contributed by atoms with van der Waals surface area (Å²) in [4.78, 5) is 40.4. The van der Waals surface area contributed by atoms with E-state index >= 15 is 0 Å². The molecule has 0 spiro atoms. The molecule has 2 fully saturated rings. The molecule has 1 aliphatic heterocycles. The molecule has 2 aliphatic rings. The van der Waals surface area contributed by atoms with Gasteiger partial charge in [0.25, 0.3) is 0 Å². The minimum Gasteiger partial charge on any atom is -0.469 e. The van der Waals surface area contributed by atoms with Crippen LogP contribution in [0.5, 0.6) is 0 Å². The molecule has 1 N–H and O–H groups in total. The third kappa shape index (κ3) is 4.08. The van der Waals surface area contributed by atoms with E-state index in [1.165, 1.54) is 11.7 Å². The highest BCUT2D eigenvalue weighted by Crippen LogP contribution is 2.43. The number of carbonyl (C=O) groups is 2. The topological polar surface area (TPSA) is 85.6 Å². The number of benzene rings is 1. The molecule has 0 radical (unpaired) electrons. The van der Waals surface area contributed by atoms with E-state index in [-0.39, 0.29) is 29.1 Å². The van der Waals surface area contributed by atoms with Gasteiger partial charge in [0, 0.05) is 19.1 Å². The number of imidazole rings is 1. The largest absolute Gasteiger partial charge is 0.469 e. The summed E-state index contributed by atoms with van der Waals surface area (Å²) in [6, 6.07) is 7.01. The normalized spacial score (nSPS) is 19.1. The van der Waals surface area contributed by atoms with Crippen molar-refractivity contribution in [3.05, 3.63) is 34.7 Å². The first kappa shape index (κ1) is 22.6. The SMILES string of the molecule is COC(=O)C1(CN2CCC(CNC(=O)n3c(=O)n(C(C)C)c4ccccc43)CC2)CCC1. The summed E-state index contributed by atoms with van der Waals surface area (Å²) in [7, 11) is 1.47. The van der Waals surface area contributed by atoms with Crippen molar-refractivity contribution in [2.24, 2.45) is 11.3 Å². The summed E-state index contributed by atoms with van der Waals surface area (Å²) in [5.41, 5.74) is 0.780. The Hall–Kier alpha value is -2.61. The lowest BCUT2D eigenvalue weighted by Crippen LogP contribution is -2.50. The van der Waals surface area contributed by atoms with Gasteiger partial charge in [-0.25, -0.2) is 14.2 Å². The number of esters is 1. The number of piperidine rings is 1. The Labute approximate surface area is 188 Å². The smallest absolute Gasteiger partial charge is 0.337 e. The van der Waals surface area contributed by atoms with Crippen LogP contribution in [-0.2, 0) is 9.53 Å². The summed E-state index contributed by atoms with van der Waals surface area (Å²) < 4.78 is 7.95. The van der Waals surface area contributed by atoms with E-state index in [1.54, 1.807) is 4.57 Å².